The first-order valence-electron chi connectivity index (χ1n) is 12.8. The minimum Gasteiger partial charge on any atom is -0.336 e. The van der Waals surface area contributed by atoms with Crippen molar-refractivity contribution < 1.29 is 48.3 Å². The van der Waals surface area contributed by atoms with Gasteiger partial charge in [-0.1, -0.05) is 12.1 Å². The molecular formula is C27H23F8N5O3S. The molecule has 44 heavy (non-hydrogen) atoms. The Morgan fingerprint density at radius 2 is 1.57 bits per heavy atom. The van der Waals surface area contributed by atoms with Crippen LogP contribution in [0, 0.1) is 23.0 Å². The average molecular weight is 650 g/mol. The summed E-state index contributed by atoms with van der Waals surface area (Å²) in [5.74, 6) is -6.56. The highest BCUT2D eigenvalue weighted by molar-refractivity contribution is 7.91. The summed E-state index contributed by atoms with van der Waals surface area (Å²) in [5.41, 5.74) is -2.08. The number of nitrogens with zero attached hydrogens (tertiary/aromatic N) is 3. The Morgan fingerprint density at radius 3 is 2.07 bits per heavy atom. The molecule has 1 aliphatic rings. The summed E-state index contributed by atoms with van der Waals surface area (Å²) >= 11 is 0. The number of halogens is 8. The molecule has 17 heteroatoms. The second kappa shape index (κ2) is 12.2. The van der Waals surface area contributed by atoms with E-state index in [1.54, 1.807) is 6.07 Å². The largest absolute Gasteiger partial charge is 0.449 e. The van der Waals surface area contributed by atoms with E-state index < -0.39 is 86.8 Å². The van der Waals surface area contributed by atoms with Crippen LogP contribution in [0.2, 0.25) is 0 Å². The maximum Gasteiger partial charge on any atom is 0.449 e. The van der Waals surface area contributed by atoms with Crippen molar-refractivity contribution in [1.29, 1.82) is 5.26 Å². The Bertz CT molecular complexity index is 1640. The van der Waals surface area contributed by atoms with E-state index in [-0.39, 0.29) is 24.1 Å². The van der Waals surface area contributed by atoms with Gasteiger partial charge >= 0.3 is 12.4 Å². The van der Waals surface area contributed by atoms with Crippen LogP contribution in [0.15, 0.2) is 54.7 Å². The molecule has 0 bridgehead atoms. The van der Waals surface area contributed by atoms with Crippen molar-refractivity contribution >= 4 is 15.7 Å². The number of nitrogens with one attached hydrogen (secondary N) is 2. The van der Waals surface area contributed by atoms with Gasteiger partial charge in [-0.25, -0.2) is 22.2 Å². The molecule has 3 aromatic rings. The summed E-state index contributed by atoms with van der Waals surface area (Å²) in [6.07, 6.45) is -8.88. The lowest BCUT2D eigenvalue weighted by Gasteiger charge is -2.28. The third kappa shape index (κ3) is 8.11. The zero-order valence-corrected chi connectivity index (χ0v) is 23.2. The van der Waals surface area contributed by atoms with Crippen molar-refractivity contribution in [3.8, 4) is 17.3 Å². The number of imidazole rings is 1. The average Bonchev–Trinajstić information content (AvgIpc) is 3.56. The Labute approximate surface area is 245 Å². The van der Waals surface area contributed by atoms with Gasteiger partial charge in [-0.3, -0.25) is 10.1 Å². The van der Waals surface area contributed by atoms with Crippen molar-refractivity contribution in [2.24, 2.45) is 0 Å². The van der Waals surface area contributed by atoms with Gasteiger partial charge < -0.3 is 9.88 Å². The molecule has 1 amide bonds. The second-order valence-corrected chi connectivity index (χ2v) is 12.4. The van der Waals surface area contributed by atoms with Crippen molar-refractivity contribution in [3.63, 3.8) is 0 Å². The SMILES string of the molecule is N#CC1(NC(=O)C(CS(=O)(=O)CCn2cc(-c3ccc(F)cc3)nc2C(F)(F)F)N[C@H](c2ccc(F)cc2)C(F)(F)F)CC1. The number of aryl methyl sites for hydroxylation is 1. The van der Waals surface area contributed by atoms with Crippen LogP contribution in [-0.4, -0.2) is 53.1 Å². The number of hydrogen-bond acceptors (Lipinski definition) is 6. The Kier molecular flexibility index (Phi) is 9.08. The topological polar surface area (TPSA) is 117 Å². The van der Waals surface area contributed by atoms with E-state index in [9.17, 15) is 53.6 Å². The standard InChI is InChI=1S/C27H23F8N5O3S/c28-18-5-1-16(2-6-18)20-13-40(24(38-20)27(33,34)35)11-12-44(42,43)14-21(23(41)39-25(15-36)9-10-25)37-22(26(30,31)32)17-3-7-19(29)8-4-17/h1-8,13,21-22,37H,9-12,14H2,(H,39,41)/t21?,22-/m1/s1. The van der Waals surface area contributed by atoms with Gasteiger partial charge in [0.15, 0.2) is 9.84 Å². The molecule has 2 atom stereocenters. The van der Waals surface area contributed by atoms with E-state index in [4.69, 9.17) is 0 Å². The third-order valence-electron chi connectivity index (χ3n) is 6.78. The van der Waals surface area contributed by atoms with E-state index in [1.807, 2.05) is 5.32 Å². The van der Waals surface area contributed by atoms with Crippen molar-refractivity contribution in [3.05, 3.63) is 77.8 Å². The number of amides is 1. The highest BCUT2D eigenvalue weighted by Gasteiger charge is 2.48. The molecule has 0 saturated heterocycles. The Hall–Kier alpha value is -4.04. The molecule has 0 aliphatic heterocycles. The molecule has 236 valence electrons. The number of aromatic nitrogens is 2. The quantitative estimate of drug-likeness (QED) is 0.291. The number of nitriles is 1. The first kappa shape index (κ1) is 32.9. The van der Waals surface area contributed by atoms with Crippen LogP contribution in [0.1, 0.15) is 30.3 Å². The van der Waals surface area contributed by atoms with E-state index >= 15 is 0 Å². The maximum atomic E-state index is 14.0. The number of alkyl halides is 6. The van der Waals surface area contributed by atoms with Crippen LogP contribution in [0.5, 0.6) is 0 Å². The maximum absolute atomic E-state index is 14.0. The Morgan fingerprint density at radius 1 is 1.00 bits per heavy atom. The molecule has 1 unspecified atom stereocenters. The fourth-order valence-corrected chi connectivity index (χ4v) is 5.69. The lowest BCUT2D eigenvalue weighted by molar-refractivity contribution is -0.160. The summed E-state index contributed by atoms with van der Waals surface area (Å²) in [5, 5.41) is 13.5. The van der Waals surface area contributed by atoms with Crippen LogP contribution in [0.3, 0.4) is 0 Å². The van der Waals surface area contributed by atoms with Crippen molar-refractivity contribution in [2.45, 2.75) is 49.4 Å². The molecule has 0 radical (unpaired) electrons. The molecule has 1 aliphatic carbocycles. The number of hydrogen-bond donors (Lipinski definition) is 2. The first-order valence-corrected chi connectivity index (χ1v) is 14.7. The lowest BCUT2D eigenvalue weighted by atomic mass is 10.0. The van der Waals surface area contributed by atoms with Gasteiger partial charge in [0.05, 0.1) is 23.3 Å². The number of carbonyl (C=O) groups is 1. The summed E-state index contributed by atoms with van der Waals surface area (Å²) in [4.78, 5) is 16.5. The molecular weight excluding hydrogens is 626 g/mol. The third-order valence-corrected chi connectivity index (χ3v) is 8.42. The van der Waals surface area contributed by atoms with E-state index in [0.29, 0.717) is 4.57 Å². The molecule has 1 aromatic heterocycles. The molecule has 1 saturated carbocycles. The van der Waals surface area contributed by atoms with Gasteiger partial charge in [0.25, 0.3) is 0 Å². The number of sulfone groups is 1. The highest BCUT2D eigenvalue weighted by atomic mass is 32.2. The fourth-order valence-electron chi connectivity index (χ4n) is 4.30. The van der Waals surface area contributed by atoms with E-state index in [2.05, 4.69) is 10.3 Å². The van der Waals surface area contributed by atoms with Crippen molar-refractivity contribution in [2.75, 3.05) is 11.5 Å². The van der Waals surface area contributed by atoms with Crippen LogP contribution in [-0.2, 0) is 27.4 Å². The van der Waals surface area contributed by atoms with Crippen LogP contribution >= 0.6 is 0 Å². The van der Waals surface area contributed by atoms with Crippen LogP contribution < -0.4 is 10.6 Å². The predicted octanol–water partition coefficient (Wildman–Crippen LogP) is 4.70. The zero-order chi connectivity index (χ0) is 32.5. The summed E-state index contributed by atoms with van der Waals surface area (Å²) in [6, 6.07) is 4.41. The molecule has 2 aromatic carbocycles. The minimum atomic E-state index is -5.10. The van der Waals surface area contributed by atoms with Crippen LogP contribution in [0.4, 0.5) is 35.1 Å². The fraction of sp³-hybridized carbons (Fsp3) is 0.370. The van der Waals surface area contributed by atoms with Gasteiger partial charge in [0, 0.05) is 18.3 Å². The molecule has 2 N–H and O–H groups in total. The van der Waals surface area contributed by atoms with E-state index in [0.717, 1.165) is 42.6 Å². The lowest BCUT2D eigenvalue weighted by Crippen LogP contribution is -2.54. The van der Waals surface area contributed by atoms with Gasteiger partial charge in [0.2, 0.25) is 11.7 Å². The summed E-state index contributed by atoms with van der Waals surface area (Å²) in [6.45, 7) is -0.845. The van der Waals surface area contributed by atoms with Crippen molar-refractivity contribution in [1.82, 2.24) is 20.2 Å². The molecule has 1 heterocycles. The minimum absolute atomic E-state index is 0.102. The van der Waals surface area contributed by atoms with Crippen LogP contribution in [0.25, 0.3) is 11.3 Å². The highest BCUT2D eigenvalue weighted by Crippen LogP contribution is 2.36. The number of carbonyl (C=O) groups excluding carboxylic acids is 1. The predicted molar refractivity (Wildman–Crippen MR) is 139 cm³/mol. The number of rotatable bonds is 11. The molecule has 0 spiro atoms. The smallest absolute Gasteiger partial charge is 0.336 e. The van der Waals surface area contributed by atoms with Gasteiger partial charge in [-0.2, -0.15) is 31.6 Å². The Balaban J connectivity index is 1.59. The van der Waals surface area contributed by atoms with Gasteiger partial charge in [0.1, 0.15) is 29.3 Å². The van der Waals surface area contributed by atoms with E-state index in [1.165, 1.54) is 12.1 Å². The second-order valence-electron chi connectivity index (χ2n) is 10.2. The summed E-state index contributed by atoms with van der Waals surface area (Å²) in [7, 11) is -4.57. The number of benzene rings is 2. The monoisotopic (exact) mass is 649 g/mol. The van der Waals surface area contributed by atoms with Gasteiger partial charge in [-0.05, 0) is 54.8 Å². The molecule has 8 nitrogen and oxygen atoms in total. The first-order chi connectivity index (χ1) is 20.4. The molecule has 1 fully saturated rings. The normalized spacial score (nSPS) is 16.2. The zero-order valence-electron chi connectivity index (χ0n) is 22.4. The van der Waals surface area contributed by atoms with Gasteiger partial charge in [-0.15, -0.1) is 0 Å². The summed E-state index contributed by atoms with van der Waals surface area (Å²) < 4.78 is 137. The molecule has 4 rings (SSSR count).